The molecule has 16 heavy (non-hydrogen) atoms. The summed E-state index contributed by atoms with van der Waals surface area (Å²) in [7, 11) is 0. The SMILES string of the molecule is c1ccc(C2(c3ccccc3)COC2)cc1. The van der Waals surface area contributed by atoms with Gasteiger partial charge in [-0.25, -0.2) is 0 Å². The van der Waals surface area contributed by atoms with Crippen LogP contribution in [0.4, 0.5) is 0 Å². The second-order valence-corrected chi connectivity index (χ2v) is 4.31. The average molecular weight is 210 g/mol. The minimum absolute atomic E-state index is 0.0858. The molecule has 1 aliphatic heterocycles. The number of hydrogen-bond donors (Lipinski definition) is 0. The molecule has 0 aliphatic carbocycles. The number of benzene rings is 2. The smallest absolute Gasteiger partial charge is 0.0669 e. The Morgan fingerprint density at radius 3 is 1.44 bits per heavy atom. The van der Waals surface area contributed by atoms with Gasteiger partial charge in [0.2, 0.25) is 0 Å². The molecule has 0 atom stereocenters. The summed E-state index contributed by atoms with van der Waals surface area (Å²) in [4.78, 5) is 0. The van der Waals surface area contributed by atoms with Crippen LogP contribution in [-0.4, -0.2) is 13.2 Å². The van der Waals surface area contributed by atoms with Crippen molar-refractivity contribution < 1.29 is 4.74 Å². The number of hydrogen-bond acceptors (Lipinski definition) is 1. The second-order valence-electron chi connectivity index (χ2n) is 4.31. The van der Waals surface area contributed by atoms with E-state index in [2.05, 4.69) is 60.7 Å². The lowest BCUT2D eigenvalue weighted by atomic mass is 9.73. The molecule has 0 spiro atoms. The highest BCUT2D eigenvalue weighted by Gasteiger charge is 2.41. The third-order valence-corrected chi connectivity index (χ3v) is 3.35. The Morgan fingerprint density at radius 1 is 0.688 bits per heavy atom. The molecule has 1 saturated heterocycles. The van der Waals surface area contributed by atoms with Crippen LogP contribution in [0.25, 0.3) is 0 Å². The van der Waals surface area contributed by atoms with Crippen LogP contribution in [0.15, 0.2) is 60.7 Å². The summed E-state index contributed by atoms with van der Waals surface area (Å²) in [6, 6.07) is 21.3. The van der Waals surface area contributed by atoms with Crippen LogP contribution in [0.1, 0.15) is 11.1 Å². The summed E-state index contributed by atoms with van der Waals surface area (Å²) in [5, 5.41) is 0. The van der Waals surface area contributed by atoms with Gasteiger partial charge in [-0.3, -0.25) is 0 Å². The maximum atomic E-state index is 5.45. The van der Waals surface area contributed by atoms with E-state index in [4.69, 9.17) is 4.74 Å². The van der Waals surface area contributed by atoms with Crippen molar-refractivity contribution in [1.29, 1.82) is 0 Å². The molecule has 0 saturated carbocycles. The monoisotopic (exact) mass is 210 g/mol. The molecule has 3 rings (SSSR count). The van der Waals surface area contributed by atoms with Crippen molar-refractivity contribution in [2.75, 3.05) is 13.2 Å². The van der Waals surface area contributed by atoms with Crippen LogP contribution in [0, 0.1) is 0 Å². The molecule has 0 radical (unpaired) electrons. The lowest BCUT2D eigenvalue weighted by Crippen LogP contribution is -2.47. The predicted octanol–water partition coefficient (Wildman–Crippen LogP) is 3.00. The largest absolute Gasteiger partial charge is 0.379 e. The molecule has 1 fully saturated rings. The highest BCUT2D eigenvalue weighted by molar-refractivity contribution is 5.41. The minimum atomic E-state index is 0.0858. The van der Waals surface area contributed by atoms with Gasteiger partial charge in [0.25, 0.3) is 0 Å². The normalized spacial score (nSPS) is 17.8. The highest BCUT2D eigenvalue weighted by atomic mass is 16.5. The first kappa shape index (κ1) is 9.61. The van der Waals surface area contributed by atoms with Crippen molar-refractivity contribution in [2.24, 2.45) is 0 Å². The third-order valence-electron chi connectivity index (χ3n) is 3.35. The van der Waals surface area contributed by atoms with E-state index in [1.165, 1.54) is 11.1 Å². The molecule has 0 N–H and O–H groups in total. The van der Waals surface area contributed by atoms with E-state index in [0.29, 0.717) is 0 Å². The summed E-state index contributed by atoms with van der Waals surface area (Å²) in [6.07, 6.45) is 0. The summed E-state index contributed by atoms with van der Waals surface area (Å²) in [5.74, 6) is 0. The highest BCUT2D eigenvalue weighted by Crippen LogP contribution is 2.38. The van der Waals surface area contributed by atoms with Crippen molar-refractivity contribution in [3.8, 4) is 0 Å². The first-order valence-corrected chi connectivity index (χ1v) is 5.61. The molecule has 0 bridgehead atoms. The van der Waals surface area contributed by atoms with E-state index in [9.17, 15) is 0 Å². The van der Waals surface area contributed by atoms with Crippen molar-refractivity contribution in [2.45, 2.75) is 5.41 Å². The summed E-state index contributed by atoms with van der Waals surface area (Å²) in [5.41, 5.74) is 2.79. The maximum absolute atomic E-state index is 5.45. The summed E-state index contributed by atoms with van der Waals surface area (Å²) in [6.45, 7) is 1.59. The van der Waals surface area contributed by atoms with Crippen molar-refractivity contribution in [3.05, 3.63) is 71.8 Å². The van der Waals surface area contributed by atoms with Gasteiger partial charge in [-0.15, -0.1) is 0 Å². The maximum Gasteiger partial charge on any atom is 0.0669 e. The van der Waals surface area contributed by atoms with Gasteiger partial charge >= 0.3 is 0 Å². The van der Waals surface area contributed by atoms with Crippen LogP contribution in [-0.2, 0) is 10.2 Å². The lowest BCUT2D eigenvalue weighted by Gasteiger charge is -2.42. The van der Waals surface area contributed by atoms with Gasteiger partial charge in [-0.1, -0.05) is 60.7 Å². The fourth-order valence-electron chi connectivity index (χ4n) is 2.32. The van der Waals surface area contributed by atoms with E-state index >= 15 is 0 Å². The predicted molar refractivity (Wildman–Crippen MR) is 64.5 cm³/mol. The molecule has 0 aromatic heterocycles. The van der Waals surface area contributed by atoms with Gasteiger partial charge in [0.15, 0.2) is 0 Å². The minimum Gasteiger partial charge on any atom is -0.379 e. The van der Waals surface area contributed by atoms with Gasteiger partial charge in [-0.2, -0.15) is 0 Å². The lowest BCUT2D eigenvalue weighted by molar-refractivity contribution is -0.0379. The Morgan fingerprint density at radius 2 is 1.12 bits per heavy atom. The molecule has 2 aromatic carbocycles. The molecular weight excluding hydrogens is 196 g/mol. The summed E-state index contributed by atoms with van der Waals surface area (Å²) < 4.78 is 5.45. The molecule has 0 unspecified atom stereocenters. The van der Waals surface area contributed by atoms with Gasteiger partial charge in [0, 0.05) is 0 Å². The quantitative estimate of drug-likeness (QED) is 0.740. The number of ether oxygens (including phenoxy) is 1. The van der Waals surface area contributed by atoms with Crippen molar-refractivity contribution in [1.82, 2.24) is 0 Å². The van der Waals surface area contributed by atoms with Crippen molar-refractivity contribution in [3.63, 3.8) is 0 Å². The Kier molecular flexibility index (Phi) is 2.26. The second kappa shape index (κ2) is 3.76. The first-order chi connectivity index (χ1) is 7.92. The first-order valence-electron chi connectivity index (χ1n) is 5.61. The molecule has 80 valence electrons. The Labute approximate surface area is 95.7 Å². The third kappa shape index (κ3) is 1.36. The van der Waals surface area contributed by atoms with Gasteiger partial charge < -0.3 is 4.74 Å². The average Bonchev–Trinajstić information content (AvgIpc) is 2.31. The standard InChI is InChI=1S/C15H14O/c1-3-7-13(8-4-1)15(11-16-12-15)14-9-5-2-6-10-14/h1-10H,11-12H2. The van der Waals surface area contributed by atoms with E-state index in [0.717, 1.165) is 13.2 Å². The zero-order valence-corrected chi connectivity index (χ0v) is 9.10. The molecule has 1 heteroatoms. The van der Waals surface area contributed by atoms with Crippen LogP contribution >= 0.6 is 0 Å². The Hall–Kier alpha value is -1.60. The van der Waals surface area contributed by atoms with Gasteiger partial charge in [0.05, 0.1) is 18.6 Å². The van der Waals surface area contributed by atoms with E-state index in [-0.39, 0.29) is 5.41 Å². The topological polar surface area (TPSA) is 9.23 Å². The van der Waals surface area contributed by atoms with E-state index < -0.39 is 0 Å². The van der Waals surface area contributed by atoms with Crippen molar-refractivity contribution >= 4 is 0 Å². The van der Waals surface area contributed by atoms with E-state index in [1.54, 1.807) is 0 Å². The molecule has 1 aliphatic rings. The van der Waals surface area contributed by atoms with Gasteiger partial charge in [-0.05, 0) is 11.1 Å². The Bertz CT molecular complexity index is 416. The van der Waals surface area contributed by atoms with E-state index in [1.807, 2.05) is 0 Å². The Balaban J connectivity index is 2.08. The van der Waals surface area contributed by atoms with Crippen LogP contribution in [0.5, 0.6) is 0 Å². The fraction of sp³-hybridized carbons (Fsp3) is 0.200. The molecule has 1 nitrogen and oxygen atoms in total. The number of rotatable bonds is 2. The fourth-order valence-corrected chi connectivity index (χ4v) is 2.32. The molecule has 2 aromatic rings. The van der Waals surface area contributed by atoms with Crippen LogP contribution in [0.3, 0.4) is 0 Å². The zero-order chi connectivity index (χ0) is 10.8. The summed E-state index contributed by atoms with van der Waals surface area (Å²) >= 11 is 0. The van der Waals surface area contributed by atoms with Gasteiger partial charge in [0.1, 0.15) is 0 Å². The molecular formula is C15H14O. The van der Waals surface area contributed by atoms with Crippen LogP contribution < -0.4 is 0 Å². The molecule has 1 heterocycles. The zero-order valence-electron chi connectivity index (χ0n) is 9.10. The molecule has 0 amide bonds. The van der Waals surface area contributed by atoms with Crippen LogP contribution in [0.2, 0.25) is 0 Å².